The SMILES string of the molecule is COC(C)c1c(CCl)nnn1CC(F)F. The molecule has 0 spiro atoms. The van der Waals surface area contributed by atoms with Gasteiger partial charge in [0.2, 0.25) is 0 Å². The van der Waals surface area contributed by atoms with Gasteiger partial charge in [0.15, 0.2) is 0 Å². The maximum absolute atomic E-state index is 12.2. The Labute approximate surface area is 91.2 Å². The Morgan fingerprint density at radius 2 is 2.20 bits per heavy atom. The number of methoxy groups -OCH3 is 1. The van der Waals surface area contributed by atoms with Crippen molar-refractivity contribution >= 4 is 11.6 Å². The van der Waals surface area contributed by atoms with Gasteiger partial charge in [0, 0.05) is 7.11 Å². The first-order valence-electron chi connectivity index (χ1n) is 4.39. The van der Waals surface area contributed by atoms with E-state index in [9.17, 15) is 8.78 Å². The first-order chi connectivity index (χ1) is 7.10. The lowest BCUT2D eigenvalue weighted by Crippen LogP contribution is -2.14. The summed E-state index contributed by atoms with van der Waals surface area (Å²) < 4.78 is 30.6. The number of ether oxygens (including phenoxy) is 1. The fraction of sp³-hybridized carbons (Fsp3) is 0.750. The fourth-order valence-corrected chi connectivity index (χ4v) is 1.46. The van der Waals surface area contributed by atoms with Crippen molar-refractivity contribution in [2.24, 2.45) is 0 Å². The van der Waals surface area contributed by atoms with Crippen LogP contribution in [-0.4, -0.2) is 28.5 Å². The predicted octanol–water partition coefficient (Wildman–Crippen LogP) is 1.99. The smallest absolute Gasteiger partial charge is 0.257 e. The summed E-state index contributed by atoms with van der Waals surface area (Å²) in [6, 6.07) is 0. The molecule has 1 heterocycles. The molecule has 7 heteroatoms. The molecule has 0 saturated carbocycles. The van der Waals surface area contributed by atoms with Gasteiger partial charge in [-0.3, -0.25) is 0 Å². The second kappa shape index (κ2) is 5.37. The molecule has 1 aromatic rings. The van der Waals surface area contributed by atoms with Gasteiger partial charge in [-0.1, -0.05) is 5.21 Å². The van der Waals surface area contributed by atoms with E-state index in [0.29, 0.717) is 11.4 Å². The molecule has 0 aliphatic rings. The summed E-state index contributed by atoms with van der Waals surface area (Å²) in [4.78, 5) is 0. The number of halogens is 3. The van der Waals surface area contributed by atoms with Crippen molar-refractivity contribution in [1.82, 2.24) is 15.0 Å². The van der Waals surface area contributed by atoms with Crippen LogP contribution in [0, 0.1) is 0 Å². The van der Waals surface area contributed by atoms with Crippen molar-refractivity contribution in [1.29, 1.82) is 0 Å². The largest absolute Gasteiger partial charge is 0.375 e. The van der Waals surface area contributed by atoms with Crippen LogP contribution in [0.5, 0.6) is 0 Å². The van der Waals surface area contributed by atoms with Crippen LogP contribution >= 0.6 is 11.6 Å². The second-order valence-corrected chi connectivity index (χ2v) is 3.27. The standard InChI is InChI=1S/C8H12ClF2N3O/c1-5(15-2)8-6(3-9)12-13-14(8)4-7(10)11/h5,7H,3-4H2,1-2H3. The van der Waals surface area contributed by atoms with Crippen molar-refractivity contribution in [3.8, 4) is 0 Å². The van der Waals surface area contributed by atoms with Crippen LogP contribution in [0.1, 0.15) is 24.4 Å². The highest BCUT2D eigenvalue weighted by atomic mass is 35.5. The minimum Gasteiger partial charge on any atom is -0.375 e. The Hall–Kier alpha value is -0.750. The monoisotopic (exact) mass is 239 g/mol. The quantitative estimate of drug-likeness (QED) is 0.738. The van der Waals surface area contributed by atoms with Crippen molar-refractivity contribution in [2.75, 3.05) is 7.11 Å². The highest BCUT2D eigenvalue weighted by molar-refractivity contribution is 6.16. The third-order valence-corrected chi connectivity index (χ3v) is 2.28. The Morgan fingerprint density at radius 1 is 1.53 bits per heavy atom. The zero-order valence-corrected chi connectivity index (χ0v) is 9.21. The first-order valence-corrected chi connectivity index (χ1v) is 4.92. The van der Waals surface area contributed by atoms with Crippen LogP contribution in [0.2, 0.25) is 0 Å². The molecule has 0 N–H and O–H groups in total. The van der Waals surface area contributed by atoms with Crippen LogP contribution in [0.25, 0.3) is 0 Å². The molecular weight excluding hydrogens is 228 g/mol. The summed E-state index contributed by atoms with van der Waals surface area (Å²) in [5, 5.41) is 7.34. The molecule has 0 aliphatic carbocycles. The maximum Gasteiger partial charge on any atom is 0.257 e. The first kappa shape index (κ1) is 12.3. The van der Waals surface area contributed by atoms with Crippen LogP contribution in [0.3, 0.4) is 0 Å². The predicted molar refractivity (Wildman–Crippen MR) is 51.0 cm³/mol. The van der Waals surface area contributed by atoms with Crippen LogP contribution in [0.4, 0.5) is 8.78 Å². The Morgan fingerprint density at radius 3 is 2.67 bits per heavy atom. The molecule has 0 saturated heterocycles. The average molecular weight is 240 g/mol. The van der Waals surface area contributed by atoms with Gasteiger partial charge in [0.1, 0.15) is 12.2 Å². The summed E-state index contributed by atoms with van der Waals surface area (Å²) in [7, 11) is 1.49. The number of aromatic nitrogens is 3. The van der Waals surface area contributed by atoms with E-state index in [0.717, 1.165) is 4.68 Å². The molecule has 0 aliphatic heterocycles. The molecule has 0 radical (unpaired) electrons. The van der Waals surface area contributed by atoms with Gasteiger partial charge in [-0.2, -0.15) is 0 Å². The minimum atomic E-state index is -2.47. The number of hydrogen-bond donors (Lipinski definition) is 0. The molecule has 0 amide bonds. The summed E-state index contributed by atoms with van der Waals surface area (Å²) in [5.41, 5.74) is 0.986. The number of alkyl halides is 3. The van der Waals surface area contributed by atoms with E-state index in [1.165, 1.54) is 7.11 Å². The molecule has 4 nitrogen and oxygen atoms in total. The third kappa shape index (κ3) is 2.85. The number of nitrogens with zero attached hydrogens (tertiary/aromatic N) is 3. The third-order valence-electron chi connectivity index (χ3n) is 2.02. The molecule has 0 aromatic carbocycles. The van der Waals surface area contributed by atoms with Gasteiger partial charge >= 0.3 is 0 Å². The Bertz CT molecular complexity index is 319. The van der Waals surface area contributed by atoms with E-state index in [1.54, 1.807) is 6.92 Å². The summed E-state index contributed by atoms with van der Waals surface area (Å²) in [6.07, 6.45) is -2.83. The van der Waals surface area contributed by atoms with E-state index in [-0.39, 0.29) is 12.0 Å². The summed E-state index contributed by atoms with van der Waals surface area (Å²) in [5.74, 6) is 0.131. The maximum atomic E-state index is 12.2. The molecule has 1 aromatic heterocycles. The second-order valence-electron chi connectivity index (χ2n) is 3.01. The zero-order chi connectivity index (χ0) is 11.4. The van der Waals surface area contributed by atoms with Crippen LogP contribution in [-0.2, 0) is 17.2 Å². The molecule has 15 heavy (non-hydrogen) atoms. The van der Waals surface area contributed by atoms with E-state index in [1.807, 2.05) is 0 Å². The van der Waals surface area contributed by atoms with Gasteiger partial charge in [-0.15, -0.1) is 16.7 Å². The molecule has 0 bridgehead atoms. The number of hydrogen-bond acceptors (Lipinski definition) is 3. The number of rotatable bonds is 5. The topological polar surface area (TPSA) is 39.9 Å². The Balaban J connectivity index is 3.00. The summed E-state index contributed by atoms with van der Waals surface area (Å²) >= 11 is 5.62. The lowest BCUT2D eigenvalue weighted by atomic mass is 10.2. The molecule has 0 fully saturated rings. The van der Waals surface area contributed by atoms with Crippen molar-refractivity contribution in [2.45, 2.75) is 31.9 Å². The zero-order valence-electron chi connectivity index (χ0n) is 8.45. The lowest BCUT2D eigenvalue weighted by Gasteiger charge is -2.12. The van der Waals surface area contributed by atoms with E-state index in [4.69, 9.17) is 16.3 Å². The average Bonchev–Trinajstić information content (AvgIpc) is 2.58. The van der Waals surface area contributed by atoms with Crippen LogP contribution < -0.4 is 0 Å². The van der Waals surface area contributed by atoms with E-state index >= 15 is 0 Å². The van der Waals surface area contributed by atoms with E-state index < -0.39 is 13.0 Å². The van der Waals surface area contributed by atoms with E-state index in [2.05, 4.69) is 10.3 Å². The normalized spacial score (nSPS) is 13.5. The highest BCUT2D eigenvalue weighted by Gasteiger charge is 2.20. The van der Waals surface area contributed by atoms with Crippen molar-refractivity contribution in [3.05, 3.63) is 11.4 Å². The van der Waals surface area contributed by atoms with Gasteiger partial charge < -0.3 is 4.74 Å². The lowest BCUT2D eigenvalue weighted by molar-refractivity contribution is 0.0935. The van der Waals surface area contributed by atoms with Gasteiger partial charge in [-0.25, -0.2) is 13.5 Å². The summed E-state index contributed by atoms with van der Waals surface area (Å²) in [6.45, 7) is 1.24. The Kier molecular flexibility index (Phi) is 4.41. The highest BCUT2D eigenvalue weighted by Crippen LogP contribution is 2.20. The van der Waals surface area contributed by atoms with Gasteiger partial charge in [0.25, 0.3) is 6.43 Å². The molecule has 1 rings (SSSR count). The molecule has 1 atom stereocenters. The van der Waals surface area contributed by atoms with Crippen molar-refractivity contribution < 1.29 is 13.5 Å². The van der Waals surface area contributed by atoms with Crippen LogP contribution in [0.15, 0.2) is 0 Å². The van der Waals surface area contributed by atoms with Gasteiger partial charge in [0.05, 0.1) is 17.7 Å². The molecule has 86 valence electrons. The molecule has 1 unspecified atom stereocenters. The fourth-order valence-electron chi connectivity index (χ4n) is 1.27. The minimum absolute atomic E-state index is 0.131. The molecular formula is C8H12ClF2N3O. The van der Waals surface area contributed by atoms with Crippen molar-refractivity contribution in [3.63, 3.8) is 0 Å². The van der Waals surface area contributed by atoms with Gasteiger partial charge in [-0.05, 0) is 6.92 Å².